The molecule has 5 heteroatoms. The first-order chi connectivity index (χ1) is 16.9. The van der Waals surface area contributed by atoms with Gasteiger partial charge in [0.05, 0.1) is 11.8 Å². The van der Waals surface area contributed by atoms with Crippen molar-refractivity contribution < 1.29 is 19.1 Å². The lowest BCUT2D eigenvalue weighted by atomic mass is 9.78. The van der Waals surface area contributed by atoms with Crippen molar-refractivity contribution in [3.8, 4) is 11.5 Å². The highest BCUT2D eigenvalue weighted by atomic mass is 16.6. The van der Waals surface area contributed by atoms with Crippen molar-refractivity contribution in [3.05, 3.63) is 90.0 Å². The van der Waals surface area contributed by atoms with Crippen LogP contribution in [0.15, 0.2) is 78.9 Å². The van der Waals surface area contributed by atoms with Gasteiger partial charge in [-0.1, -0.05) is 56.3 Å². The number of esters is 1. The quantitative estimate of drug-likeness (QED) is 0.456. The van der Waals surface area contributed by atoms with Crippen LogP contribution in [-0.2, 0) is 19.7 Å². The Balaban J connectivity index is 1.09. The lowest BCUT2D eigenvalue weighted by Crippen LogP contribution is -2.35. The van der Waals surface area contributed by atoms with Crippen molar-refractivity contribution in [2.45, 2.75) is 38.2 Å². The molecule has 0 radical (unpaired) electrons. The van der Waals surface area contributed by atoms with Gasteiger partial charge in [0.2, 0.25) is 5.91 Å². The zero-order chi connectivity index (χ0) is 24.2. The molecule has 35 heavy (non-hydrogen) atoms. The van der Waals surface area contributed by atoms with Crippen LogP contribution in [0.25, 0.3) is 0 Å². The van der Waals surface area contributed by atoms with Gasteiger partial charge in [0, 0.05) is 17.0 Å². The second-order valence-corrected chi connectivity index (χ2v) is 10.6. The van der Waals surface area contributed by atoms with Crippen LogP contribution < -0.4 is 10.1 Å². The number of benzene rings is 3. The molecular weight excluding hydrogens is 438 g/mol. The van der Waals surface area contributed by atoms with Crippen LogP contribution in [0.2, 0.25) is 0 Å². The number of carbonyl (C=O) groups excluding carboxylic acids is 2. The van der Waals surface area contributed by atoms with Crippen molar-refractivity contribution in [2.75, 3.05) is 5.32 Å². The SMILES string of the molecule is CC(C)(c1ccccc1)c1ccc(Oc2ccc(NC(=O)[C@@H]3[C@@H]4C[C@@H]5[C@@H]3C(=O)O[C@@H]5C4)cc2)cc1. The zero-order valence-electron chi connectivity index (χ0n) is 19.9. The minimum Gasteiger partial charge on any atom is -0.462 e. The van der Waals surface area contributed by atoms with E-state index in [2.05, 4.69) is 55.6 Å². The lowest BCUT2D eigenvalue weighted by molar-refractivity contribution is -0.145. The molecule has 0 unspecified atom stereocenters. The van der Waals surface area contributed by atoms with Gasteiger partial charge in [-0.2, -0.15) is 0 Å². The molecule has 2 aliphatic carbocycles. The normalized spacial score (nSPS) is 26.5. The number of ether oxygens (including phenoxy) is 2. The molecular formula is C30H29NO4. The first kappa shape index (κ1) is 21.9. The topological polar surface area (TPSA) is 64.6 Å². The Bertz CT molecular complexity index is 1250. The molecule has 0 spiro atoms. The van der Waals surface area contributed by atoms with Crippen LogP contribution in [0.1, 0.15) is 37.8 Å². The maximum absolute atomic E-state index is 13.0. The van der Waals surface area contributed by atoms with E-state index in [4.69, 9.17) is 9.47 Å². The third kappa shape index (κ3) is 3.79. The number of amides is 1. The fraction of sp³-hybridized carbons (Fsp3) is 0.333. The van der Waals surface area contributed by atoms with Gasteiger partial charge < -0.3 is 14.8 Å². The van der Waals surface area contributed by atoms with E-state index in [-0.39, 0.29) is 47.1 Å². The maximum atomic E-state index is 13.0. The second kappa shape index (κ2) is 8.26. The fourth-order valence-electron chi connectivity index (χ4n) is 6.29. The van der Waals surface area contributed by atoms with E-state index in [1.54, 1.807) is 0 Å². The first-order valence-corrected chi connectivity index (χ1v) is 12.4. The number of carbonyl (C=O) groups is 2. The highest BCUT2D eigenvalue weighted by Gasteiger charge is 2.63. The minimum absolute atomic E-state index is 0.0384. The Kier molecular flexibility index (Phi) is 5.17. The summed E-state index contributed by atoms with van der Waals surface area (Å²) >= 11 is 0. The zero-order valence-corrected chi connectivity index (χ0v) is 19.9. The van der Waals surface area contributed by atoms with Crippen molar-refractivity contribution in [1.29, 1.82) is 0 Å². The van der Waals surface area contributed by atoms with Crippen LogP contribution in [-0.4, -0.2) is 18.0 Å². The fourth-order valence-corrected chi connectivity index (χ4v) is 6.29. The van der Waals surface area contributed by atoms with Crippen molar-refractivity contribution in [1.82, 2.24) is 0 Å². The number of hydrogen-bond acceptors (Lipinski definition) is 4. The van der Waals surface area contributed by atoms with Gasteiger partial charge in [-0.3, -0.25) is 9.59 Å². The predicted octanol–water partition coefficient (Wildman–Crippen LogP) is 5.94. The van der Waals surface area contributed by atoms with Gasteiger partial charge in [0.15, 0.2) is 0 Å². The molecule has 3 aromatic carbocycles. The molecule has 1 N–H and O–H groups in total. The molecule has 3 aliphatic rings. The van der Waals surface area contributed by atoms with Gasteiger partial charge in [0.1, 0.15) is 17.6 Å². The molecule has 1 aliphatic heterocycles. The summed E-state index contributed by atoms with van der Waals surface area (Å²) in [4.78, 5) is 25.2. The van der Waals surface area contributed by atoms with Gasteiger partial charge in [-0.15, -0.1) is 0 Å². The van der Waals surface area contributed by atoms with E-state index in [0.29, 0.717) is 11.4 Å². The van der Waals surface area contributed by atoms with Gasteiger partial charge >= 0.3 is 5.97 Å². The highest BCUT2D eigenvalue weighted by Crippen LogP contribution is 2.57. The standard InChI is InChI=1S/C30H29NO4/c1-30(2,19-6-4-3-5-7-19)20-8-12-22(13-9-20)34-23-14-10-21(11-15-23)31-28(32)26-18-16-24-25(17-18)35-29(33)27(24)26/h3-15,18,24-27H,16-17H2,1-2H3,(H,31,32)/t18-,24+,25-,26-,27+/m1/s1. The number of hydrogen-bond donors (Lipinski definition) is 1. The van der Waals surface area contributed by atoms with E-state index in [9.17, 15) is 9.59 Å². The monoisotopic (exact) mass is 467 g/mol. The smallest absolute Gasteiger partial charge is 0.310 e. The summed E-state index contributed by atoms with van der Waals surface area (Å²) in [6.45, 7) is 4.44. The highest BCUT2D eigenvalue weighted by molar-refractivity contribution is 5.97. The molecule has 0 aromatic heterocycles. The van der Waals surface area contributed by atoms with Gasteiger partial charge in [0.25, 0.3) is 0 Å². The summed E-state index contributed by atoms with van der Waals surface area (Å²) in [5, 5.41) is 3.00. The van der Waals surface area contributed by atoms with E-state index in [0.717, 1.165) is 18.6 Å². The third-order valence-electron chi connectivity index (χ3n) is 8.22. The summed E-state index contributed by atoms with van der Waals surface area (Å²) < 4.78 is 11.5. The number of nitrogens with one attached hydrogen (secondary N) is 1. The van der Waals surface area contributed by atoms with Crippen LogP contribution in [0.3, 0.4) is 0 Å². The molecule has 1 saturated heterocycles. The molecule has 5 nitrogen and oxygen atoms in total. The van der Waals surface area contributed by atoms with Crippen LogP contribution >= 0.6 is 0 Å². The van der Waals surface area contributed by atoms with E-state index in [1.807, 2.05) is 42.5 Å². The van der Waals surface area contributed by atoms with Crippen molar-refractivity contribution in [3.63, 3.8) is 0 Å². The predicted molar refractivity (Wildman–Crippen MR) is 133 cm³/mol. The summed E-state index contributed by atoms with van der Waals surface area (Å²) in [6, 6.07) is 26.0. The molecule has 3 fully saturated rings. The van der Waals surface area contributed by atoms with E-state index >= 15 is 0 Å². The molecule has 1 heterocycles. The summed E-state index contributed by atoms with van der Waals surface area (Å²) in [6.07, 6.45) is 1.78. The van der Waals surface area contributed by atoms with E-state index < -0.39 is 0 Å². The van der Waals surface area contributed by atoms with E-state index in [1.165, 1.54) is 11.1 Å². The molecule has 5 atom stereocenters. The Hall–Kier alpha value is -3.60. The third-order valence-corrected chi connectivity index (χ3v) is 8.22. The number of fused-ring (bicyclic) bond motifs is 1. The Morgan fingerprint density at radius 3 is 2.20 bits per heavy atom. The van der Waals surface area contributed by atoms with Crippen molar-refractivity contribution >= 4 is 17.6 Å². The Morgan fingerprint density at radius 1 is 0.886 bits per heavy atom. The Morgan fingerprint density at radius 2 is 1.51 bits per heavy atom. The molecule has 6 rings (SSSR count). The molecule has 1 amide bonds. The van der Waals surface area contributed by atoms with Crippen LogP contribution in [0, 0.1) is 23.7 Å². The summed E-state index contributed by atoms with van der Waals surface area (Å²) in [5.41, 5.74) is 3.08. The maximum Gasteiger partial charge on any atom is 0.310 e. The summed E-state index contributed by atoms with van der Waals surface area (Å²) in [5.74, 6) is 1.11. The number of rotatable bonds is 6. The average molecular weight is 468 g/mol. The largest absolute Gasteiger partial charge is 0.462 e. The van der Waals surface area contributed by atoms with Crippen molar-refractivity contribution in [2.24, 2.45) is 23.7 Å². The molecule has 2 saturated carbocycles. The number of anilines is 1. The van der Waals surface area contributed by atoms with Gasteiger partial charge in [-0.25, -0.2) is 0 Å². The lowest BCUT2D eigenvalue weighted by Gasteiger charge is -2.26. The minimum atomic E-state index is -0.277. The van der Waals surface area contributed by atoms with Crippen LogP contribution in [0.5, 0.6) is 11.5 Å². The Labute approximate surface area is 205 Å². The first-order valence-electron chi connectivity index (χ1n) is 12.4. The molecule has 178 valence electrons. The van der Waals surface area contributed by atoms with Crippen LogP contribution in [0.4, 0.5) is 5.69 Å². The second-order valence-electron chi connectivity index (χ2n) is 10.6. The summed E-state index contributed by atoms with van der Waals surface area (Å²) in [7, 11) is 0. The molecule has 2 bridgehead atoms. The average Bonchev–Trinajstić information content (AvgIpc) is 3.49. The molecule has 3 aromatic rings. The van der Waals surface area contributed by atoms with Gasteiger partial charge in [-0.05, 0) is 66.3 Å².